The van der Waals surface area contributed by atoms with Gasteiger partial charge in [-0.15, -0.1) is 0 Å². The number of hydrogen-bond donors (Lipinski definition) is 1. The SMILES string of the molecule is CC(c1cccc(C(=O)c2ccccc2)c1)c1cnc(-c2ccccn2)[nH]1. The van der Waals surface area contributed by atoms with Crippen molar-refractivity contribution in [2.24, 2.45) is 0 Å². The fraction of sp³-hybridized carbons (Fsp3) is 0.0870. The van der Waals surface area contributed by atoms with Crippen LogP contribution in [0.2, 0.25) is 0 Å². The second-order valence-corrected chi connectivity index (χ2v) is 6.44. The molecule has 2 aromatic heterocycles. The lowest BCUT2D eigenvalue weighted by Gasteiger charge is -2.11. The molecule has 0 aliphatic carbocycles. The Bertz CT molecular complexity index is 1060. The Morgan fingerprint density at radius 1 is 0.889 bits per heavy atom. The minimum absolute atomic E-state index is 0.0310. The molecule has 2 heterocycles. The van der Waals surface area contributed by atoms with E-state index in [1.54, 1.807) is 6.20 Å². The summed E-state index contributed by atoms with van der Waals surface area (Å²) in [4.78, 5) is 24.8. The van der Waals surface area contributed by atoms with Gasteiger partial charge in [-0.1, -0.05) is 61.5 Å². The lowest BCUT2D eigenvalue weighted by molar-refractivity contribution is 0.103. The number of pyridine rings is 1. The molecule has 132 valence electrons. The summed E-state index contributed by atoms with van der Waals surface area (Å²) in [7, 11) is 0. The van der Waals surface area contributed by atoms with Crippen molar-refractivity contribution in [1.82, 2.24) is 15.0 Å². The number of ketones is 1. The summed E-state index contributed by atoms with van der Waals surface area (Å²) in [6.07, 6.45) is 3.58. The van der Waals surface area contributed by atoms with Crippen LogP contribution in [0.5, 0.6) is 0 Å². The Morgan fingerprint density at radius 2 is 1.67 bits per heavy atom. The summed E-state index contributed by atoms with van der Waals surface area (Å²) in [5.74, 6) is 0.857. The molecule has 2 aromatic carbocycles. The van der Waals surface area contributed by atoms with Crippen molar-refractivity contribution in [3.05, 3.63) is 108 Å². The highest BCUT2D eigenvalue weighted by Gasteiger charge is 2.15. The third kappa shape index (κ3) is 3.55. The molecular weight excluding hydrogens is 334 g/mol. The van der Waals surface area contributed by atoms with Crippen LogP contribution in [-0.4, -0.2) is 20.7 Å². The Labute approximate surface area is 158 Å². The maximum Gasteiger partial charge on any atom is 0.193 e. The number of benzene rings is 2. The van der Waals surface area contributed by atoms with Crippen LogP contribution < -0.4 is 0 Å². The highest BCUT2D eigenvalue weighted by Crippen LogP contribution is 2.26. The third-order valence-corrected chi connectivity index (χ3v) is 4.65. The van der Waals surface area contributed by atoms with Gasteiger partial charge in [0.05, 0.1) is 0 Å². The molecule has 1 unspecified atom stereocenters. The quantitative estimate of drug-likeness (QED) is 0.522. The number of carbonyl (C=O) groups excluding carboxylic acids is 1. The van der Waals surface area contributed by atoms with Crippen molar-refractivity contribution in [1.29, 1.82) is 0 Å². The van der Waals surface area contributed by atoms with E-state index in [4.69, 9.17) is 0 Å². The maximum atomic E-state index is 12.7. The topological polar surface area (TPSA) is 58.6 Å². The van der Waals surface area contributed by atoms with E-state index in [2.05, 4.69) is 21.9 Å². The van der Waals surface area contributed by atoms with Crippen LogP contribution in [0.4, 0.5) is 0 Å². The molecule has 1 atom stereocenters. The summed E-state index contributed by atoms with van der Waals surface area (Å²) in [5, 5.41) is 0. The number of H-pyrrole nitrogens is 1. The highest BCUT2D eigenvalue weighted by atomic mass is 16.1. The first kappa shape index (κ1) is 16.9. The minimum Gasteiger partial charge on any atom is -0.340 e. The molecule has 0 spiro atoms. The lowest BCUT2D eigenvalue weighted by atomic mass is 9.94. The Morgan fingerprint density at radius 3 is 2.44 bits per heavy atom. The zero-order valence-electron chi connectivity index (χ0n) is 15.0. The molecule has 4 rings (SSSR count). The summed E-state index contributed by atoms with van der Waals surface area (Å²) in [5.41, 5.74) is 4.24. The van der Waals surface area contributed by atoms with Gasteiger partial charge in [0.15, 0.2) is 11.6 Å². The van der Waals surface area contributed by atoms with Gasteiger partial charge in [0.25, 0.3) is 0 Å². The molecule has 0 radical (unpaired) electrons. The number of nitrogens with zero attached hydrogens (tertiary/aromatic N) is 2. The van der Waals surface area contributed by atoms with E-state index in [1.807, 2.05) is 79.0 Å². The average Bonchev–Trinajstić information content (AvgIpc) is 3.24. The number of carbonyl (C=O) groups is 1. The molecule has 0 fully saturated rings. The Balaban J connectivity index is 1.61. The molecular formula is C23H19N3O. The van der Waals surface area contributed by atoms with Crippen molar-refractivity contribution < 1.29 is 4.79 Å². The van der Waals surface area contributed by atoms with Crippen LogP contribution in [0.3, 0.4) is 0 Å². The lowest BCUT2D eigenvalue weighted by Crippen LogP contribution is -2.03. The largest absolute Gasteiger partial charge is 0.340 e. The van der Waals surface area contributed by atoms with Gasteiger partial charge < -0.3 is 4.98 Å². The smallest absolute Gasteiger partial charge is 0.193 e. The fourth-order valence-electron chi connectivity index (χ4n) is 3.07. The highest BCUT2D eigenvalue weighted by molar-refractivity contribution is 6.09. The minimum atomic E-state index is 0.0310. The first-order chi connectivity index (χ1) is 13.2. The molecule has 27 heavy (non-hydrogen) atoms. The molecule has 0 saturated carbocycles. The van der Waals surface area contributed by atoms with E-state index in [-0.39, 0.29) is 11.7 Å². The van der Waals surface area contributed by atoms with Crippen LogP contribution in [-0.2, 0) is 0 Å². The predicted octanol–water partition coefficient (Wildman–Crippen LogP) is 4.85. The molecule has 0 bridgehead atoms. The first-order valence-electron chi connectivity index (χ1n) is 8.88. The van der Waals surface area contributed by atoms with Crippen molar-refractivity contribution in [2.45, 2.75) is 12.8 Å². The molecule has 0 saturated heterocycles. The van der Waals surface area contributed by atoms with E-state index in [0.717, 1.165) is 22.8 Å². The zero-order valence-corrected chi connectivity index (χ0v) is 15.0. The van der Waals surface area contributed by atoms with Gasteiger partial charge in [0.1, 0.15) is 5.69 Å². The third-order valence-electron chi connectivity index (χ3n) is 4.65. The second kappa shape index (κ2) is 7.38. The number of hydrogen-bond acceptors (Lipinski definition) is 3. The molecule has 4 aromatic rings. The number of aromatic nitrogens is 3. The van der Waals surface area contributed by atoms with Gasteiger partial charge in [0.2, 0.25) is 0 Å². The predicted molar refractivity (Wildman–Crippen MR) is 106 cm³/mol. The van der Waals surface area contributed by atoms with E-state index >= 15 is 0 Å². The van der Waals surface area contributed by atoms with E-state index in [1.165, 1.54) is 0 Å². The van der Waals surface area contributed by atoms with Crippen LogP contribution in [0.15, 0.2) is 85.2 Å². The average molecular weight is 353 g/mol. The van der Waals surface area contributed by atoms with Crippen molar-refractivity contribution in [2.75, 3.05) is 0 Å². The van der Waals surface area contributed by atoms with Crippen molar-refractivity contribution in [3.63, 3.8) is 0 Å². The van der Waals surface area contributed by atoms with Gasteiger partial charge >= 0.3 is 0 Å². The fourth-order valence-corrected chi connectivity index (χ4v) is 3.07. The monoisotopic (exact) mass is 353 g/mol. The van der Waals surface area contributed by atoms with Crippen LogP contribution in [0.1, 0.15) is 40.0 Å². The van der Waals surface area contributed by atoms with Gasteiger partial charge in [0, 0.05) is 35.1 Å². The summed E-state index contributed by atoms with van der Waals surface area (Å²) < 4.78 is 0. The normalized spacial score (nSPS) is 11.9. The summed E-state index contributed by atoms with van der Waals surface area (Å²) in [6, 6.07) is 22.9. The van der Waals surface area contributed by atoms with Crippen LogP contribution >= 0.6 is 0 Å². The molecule has 0 aliphatic rings. The first-order valence-corrected chi connectivity index (χ1v) is 8.88. The zero-order chi connectivity index (χ0) is 18.6. The molecule has 1 N–H and O–H groups in total. The maximum absolute atomic E-state index is 12.7. The van der Waals surface area contributed by atoms with E-state index in [9.17, 15) is 4.79 Å². The van der Waals surface area contributed by atoms with Crippen molar-refractivity contribution in [3.8, 4) is 11.5 Å². The van der Waals surface area contributed by atoms with Gasteiger partial charge in [-0.2, -0.15) is 0 Å². The van der Waals surface area contributed by atoms with E-state index in [0.29, 0.717) is 11.1 Å². The standard InChI is InChI=1S/C23H19N3O/c1-16(21-15-25-23(26-21)20-12-5-6-13-24-20)18-10-7-11-19(14-18)22(27)17-8-3-2-4-9-17/h2-16H,1H3,(H,25,26). The molecule has 0 amide bonds. The van der Waals surface area contributed by atoms with Gasteiger partial charge in [-0.25, -0.2) is 4.98 Å². The molecule has 4 heteroatoms. The second-order valence-electron chi connectivity index (χ2n) is 6.44. The van der Waals surface area contributed by atoms with Gasteiger partial charge in [-0.3, -0.25) is 9.78 Å². The molecule has 0 aliphatic heterocycles. The Hall–Kier alpha value is -3.53. The van der Waals surface area contributed by atoms with Gasteiger partial charge in [-0.05, 0) is 23.8 Å². The molecule has 4 nitrogen and oxygen atoms in total. The van der Waals surface area contributed by atoms with E-state index < -0.39 is 0 Å². The summed E-state index contributed by atoms with van der Waals surface area (Å²) in [6.45, 7) is 2.10. The number of nitrogens with one attached hydrogen (secondary N) is 1. The Kier molecular flexibility index (Phi) is 4.62. The van der Waals surface area contributed by atoms with Crippen molar-refractivity contribution >= 4 is 5.78 Å². The summed E-state index contributed by atoms with van der Waals surface area (Å²) >= 11 is 0. The number of imidazole rings is 1. The van der Waals surface area contributed by atoms with Crippen LogP contribution in [0, 0.1) is 0 Å². The van der Waals surface area contributed by atoms with Crippen LogP contribution in [0.25, 0.3) is 11.5 Å². The number of aromatic amines is 1. The number of rotatable bonds is 5.